The summed E-state index contributed by atoms with van der Waals surface area (Å²) in [5.74, 6) is -0.475. The lowest BCUT2D eigenvalue weighted by Gasteiger charge is -2.22. The van der Waals surface area contributed by atoms with Gasteiger partial charge < -0.3 is 0 Å². The van der Waals surface area contributed by atoms with Crippen LogP contribution in [-0.2, 0) is 9.59 Å². The molecule has 0 unspecified atom stereocenters. The zero-order valence-corrected chi connectivity index (χ0v) is 17.0. The minimum Gasteiger partial charge on any atom is -0.297 e. The van der Waals surface area contributed by atoms with Gasteiger partial charge in [0, 0.05) is 28.3 Å². The average Bonchev–Trinajstić information content (AvgIpc) is 3.17. The van der Waals surface area contributed by atoms with Crippen LogP contribution in [0.15, 0.2) is 69.6 Å². The predicted molar refractivity (Wildman–Crippen MR) is 114 cm³/mol. The van der Waals surface area contributed by atoms with Crippen LogP contribution in [0.3, 0.4) is 0 Å². The number of hydrogen-bond acceptors (Lipinski definition) is 5. The summed E-state index contributed by atoms with van der Waals surface area (Å²) in [7, 11) is 0. The van der Waals surface area contributed by atoms with Gasteiger partial charge in [0.1, 0.15) is 5.71 Å². The van der Waals surface area contributed by atoms with Gasteiger partial charge in [-0.15, -0.1) is 11.3 Å². The molecule has 0 atom stereocenters. The van der Waals surface area contributed by atoms with Crippen LogP contribution in [0.2, 0.25) is 0 Å². The van der Waals surface area contributed by atoms with E-state index in [4.69, 9.17) is 0 Å². The van der Waals surface area contributed by atoms with E-state index in [1.807, 2.05) is 47.8 Å². The second-order valence-electron chi connectivity index (χ2n) is 6.09. The summed E-state index contributed by atoms with van der Waals surface area (Å²) in [6, 6.07) is 16.9. The average molecular weight is 455 g/mol. The van der Waals surface area contributed by atoms with Crippen molar-refractivity contribution in [3.8, 4) is 11.3 Å². The number of carbonyl (C=O) groups is 2. The standard InChI is InChI=1S/C20H15BrN4O2S/c21-14-6-4-5-13(11-14)17-12-28-20(22-17)23-19(27)16-9-10-18(26)25(24-16)15-7-2-1-3-8-15/h1-8,11-12H,9-10H2,(H,22,23,27). The summed E-state index contributed by atoms with van der Waals surface area (Å²) in [5, 5.41) is 10.7. The molecule has 0 spiro atoms. The third-order valence-electron chi connectivity index (χ3n) is 4.14. The van der Waals surface area contributed by atoms with Crippen LogP contribution in [0.1, 0.15) is 12.8 Å². The molecule has 1 aliphatic rings. The van der Waals surface area contributed by atoms with Crippen molar-refractivity contribution in [2.24, 2.45) is 5.10 Å². The molecule has 0 radical (unpaired) electrons. The maximum Gasteiger partial charge on any atom is 0.273 e. The van der Waals surface area contributed by atoms with Gasteiger partial charge >= 0.3 is 0 Å². The summed E-state index contributed by atoms with van der Waals surface area (Å²) < 4.78 is 0.964. The number of hydrogen-bond donors (Lipinski definition) is 1. The van der Waals surface area contributed by atoms with Gasteiger partial charge in [-0.3, -0.25) is 14.9 Å². The number of amides is 2. The van der Waals surface area contributed by atoms with Gasteiger partial charge in [-0.05, 0) is 24.3 Å². The maximum atomic E-state index is 12.6. The van der Waals surface area contributed by atoms with E-state index in [-0.39, 0.29) is 18.2 Å². The molecule has 2 heterocycles. The lowest BCUT2D eigenvalue weighted by molar-refractivity contribution is -0.118. The highest BCUT2D eigenvalue weighted by Crippen LogP contribution is 2.27. The van der Waals surface area contributed by atoms with Gasteiger partial charge in [-0.2, -0.15) is 5.10 Å². The van der Waals surface area contributed by atoms with Crippen LogP contribution in [0, 0.1) is 0 Å². The number of para-hydroxylation sites is 1. The highest BCUT2D eigenvalue weighted by atomic mass is 79.9. The molecular weight excluding hydrogens is 440 g/mol. The minimum atomic E-state index is -0.344. The number of carbonyl (C=O) groups excluding carboxylic acids is 2. The van der Waals surface area contributed by atoms with Crippen molar-refractivity contribution in [2.75, 3.05) is 10.3 Å². The van der Waals surface area contributed by atoms with E-state index in [0.29, 0.717) is 23.0 Å². The predicted octanol–water partition coefficient (Wildman–Crippen LogP) is 4.69. The van der Waals surface area contributed by atoms with E-state index in [1.54, 1.807) is 12.1 Å². The molecule has 0 saturated carbocycles. The summed E-state index contributed by atoms with van der Waals surface area (Å²) in [5.41, 5.74) is 2.70. The first kappa shape index (κ1) is 18.5. The number of rotatable bonds is 4. The zero-order chi connectivity index (χ0) is 19.5. The molecule has 2 aromatic carbocycles. The number of thiazole rings is 1. The minimum absolute atomic E-state index is 0.131. The zero-order valence-electron chi connectivity index (χ0n) is 14.6. The second-order valence-corrected chi connectivity index (χ2v) is 7.86. The van der Waals surface area contributed by atoms with E-state index in [9.17, 15) is 9.59 Å². The van der Waals surface area contributed by atoms with Crippen molar-refractivity contribution in [1.29, 1.82) is 0 Å². The van der Waals surface area contributed by atoms with Crippen LogP contribution < -0.4 is 10.3 Å². The molecule has 2 amide bonds. The normalized spacial score (nSPS) is 14.0. The maximum absolute atomic E-state index is 12.6. The van der Waals surface area contributed by atoms with Gasteiger partial charge in [0.15, 0.2) is 5.13 Å². The highest BCUT2D eigenvalue weighted by Gasteiger charge is 2.26. The molecule has 1 aromatic heterocycles. The lowest BCUT2D eigenvalue weighted by atomic mass is 10.1. The van der Waals surface area contributed by atoms with Crippen molar-refractivity contribution in [3.05, 3.63) is 64.5 Å². The number of nitrogens with zero attached hydrogens (tertiary/aromatic N) is 3. The molecular formula is C20H15BrN4O2S. The van der Waals surface area contributed by atoms with E-state index in [0.717, 1.165) is 15.7 Å². The number of halogens is 1. The number of aromatic nitrogens is 1. The first-order chi connectivity index (χ1) is 13.6. The number of anilines is 2. The Morgan fingerprint density at radius 1 is 1.11 bits per heavy atom. The van der Waals surface area contributed by atoms with Crippen molar-refractivity contribution in [1.82, 2.24) is 4.98 Å². The third-order valence-corrected chi connectivity index (χ3v) is 5.39. The Labute approximate surface area is 174 Å². The van der Waals surface area contributed by atoms with Crippen molar-refractivity contribution < 1.29 is 9.59 Å². The molecule has 0 fully saturated rings. The van der Waals surface area contributed by atoms with Crippen LogP contribution in [0.5, 0.6) is 0 Å². The Balaban J connectivity index is 1.51. The SMILES string of the molecule is O=C(Nc1nc(-c2cccc(Br)c2)cs1)C1=NN(c2ccccc2)C(=O)CC1. The second kappa shape index (κ2) is 8.04. The van der Waals surface area contributed by atoms with Crippen molar-refractivity contribution in [3.63, 3.8) is 0 Å². The molecule has 4 rings (SSSR count). The fourth-order valence-electron chi connectivity index (χ4n) is 2.77. The van der Waals surface area contributed by atoms with Gasteiger partial charge in [0.25, 0.3) is 5.91 Å². The van der Waals surface area contributed by atoms with Crippen molar-refractivity contribution in [2.45, 2.75) is 12.8 Å². The molecule has 8 heteroatoms. The Kier molecular flexibility index (Phi) is 5.31. The van der Waals surface area contributed by atoms with Gasteiger partial charge in [-0.1, -0.05) is 46.3 Å². The molecule has 0 bridgehead atoms. The lowest BCUT2D eigenvalue weighted by Crippen LogP contribution is -2.36. The molecule has 28 heavy (non-hydrogen) atoms. The van der Waals surface area contributed by atoms with E-state index < -0.39 is 0 Å². The van der Waals surface area contributed by atoms with Crippen molar-refractivity contribution >= 4 is 55.6 Å². The first-order valence-electron chi connectivity index (χ1n) is 8.58. The summed E-state index contributed by atoms with van der Waals surface area (Å²) in [4.78, 5) is 29.3. The van der Waals surface area contributed by atoms with Gasteiger partial charge in [0.2, 0.25) is 5.91 Å². The Morgan fingerprint density at radius 2 is 1.93 bits per heavy atom. The topological polar surface area (TPSA) is 74.7 Å². The summed E-state index contributed by atoms with van der Waals surface area (Å²) in [6.45, 7) is 0. The first-order valence-corrected chi connectivity index (χ1v) is 10.3. The molecule has 6 nitrogen and oxygen atoms in total. The van der Waals surface area contributed by atoms with Crippen LogP contribution in [0.4, 0.5) is 10.8 Å². The summed E-state index contributed by atoms with van der Waals surface area (Å²) >= 11 is 4.79. The molecule has 1 aliphatic heterocycles. The molecule has 0 aliphatic carbocycles. The quantitative estimate of drug-likeness (QED) is 0.620. The van der Waals surface area contributed by atoms with Crippen LogP contribution in [0.25, 0.3) is 11.3 Å². The highest BCUT2D eigenvalue weighted by molar-refractivity contribution is 9.10. The number of nitrogens with one attached hydrogen (secondary N) is 1. The Morgan fingerprint density at radius 3 is 2.71 bits per heavy atom. The molecule has 1 N–H and O–H groups in total. The van der Waals surface area contributed by atoms with Gasteiger partial charge in [-0.25, -0.2) is 9.99 Å². The fourth-order valence-corrected chi connectivity index (χ4v) is 3.88. The smallest absolute Gasteiger partial charge is 0.273 e. The molecule has 140 valence electrons. The van der Waals surface area contributed by atoms with Crippen LogP contribution in [-0.4, -0.2) is 22.5 Å². The monoisotopic (exact) mass is 454 g/mol. The largest absolute Gasteiger partial charge is 0.297 e. The van der Waals surface area contributed by atoms with E-state index in [1.165, 1.54) is 16.3 Å². The number of hydrazone groups is 1. The third kappa shape index (κ3) is 4.02. The van der Waals surface area contributed by atoms with Gasteiger partial charge in [0.05, 0.1) is 11.4 Å². The number of benzene rings is 2. The van der Waals surface area contributed by atoms with E-state index >= 15 is 0 Å². The molecule has 0 saturated heterocycles. The Hall–Kier alpha value is -2.84. The Bertz CT molecular complexity index is 1060. The fraction of sp³-hybridized carbons (Fsp3) is 0.100. The van der Waals surface area contributed by atoms with Crippen LogP contribution >= 0.6 is 27.3 Å². The van der Waals surface area contributed by atoms with E-state index in [2.05, 4.69) is 31.3 Å². The molecule has 3 aromatic rings. The summed E-state index contributed by atoms with van der Waals surface area (Å²) in [6.07, 6.45) is 0.542.